The van der Waals surface area contributed by atoms with Crippen LogP contribution >= 0.6 is 15.9 Å². The molecule has 1 aromatic carbocycles. The molecule has 116 valence electrons. The SMILES string of the molecule is COc1ccc(CCC(=O)N2CCC(CCO)C2)cc1Br. The standard InChI is InChI=1S/C16H22BrNO3/c1-21-15-4-2-12(10-14(15)17)3-5-16(20)18-8-6-13(11-18)7-9-19/h2,4,10,13,19H,3,5-9,11H2,1H3. The lowest BCUT2D eigenvalue weighted by Crippen LogP contribution is -2.29. The average molecular weight is 356 g/mol. The lowest BCUT2D eigenvalue weighted by molar-refractivity contribution is -0.130. The summed E-state index contributed by atoms with van der Waals surface area (Å²) >= 11 is 3.46. The predicted octanol–water partition coefficient (Wildman–Crippen LogP) is 2.62. The van der Waals surface area contributed by atoms with Gasteiger partial charge in [-0.1, -0.05) is 6.07 Å². The van der Waals surface area contributed by atoms with E-state index in [2.05, 4.69) is 15.9 Å². The van der Waals surface area contributed by atoms with E-state index < -0.39 is 0 Å². The van der Waals surface area contributed by atoms with Gasteiger partial charge in [0.1, 0.15) is 5.75 Å². The highest BCUT2D eigenvalue weighted by Gasteiger charge is 2.25. The zero-order valence-corrected chi connectivity index (χ0v) is 13.9. The van der Waals surface area contributed by atoms with Gasteiger partial charge in [0.15, 0.2) is 0 Å². The van der Waals surface area contributed by atoms with Crippen LogP contribution in [-0.2, 0) is 11.2 Å². The number of carbonyl (C=O) groups excluding carboxylic acids is 1. The highest BCUT2D eigenvalue weighted by atomic mass is 79.9. The van der Waals surface area contributed by atoms with Crippen molar-refractivity contribution in [3.63, 3.8) is 0 Å². The molecule has 0 radical (unpaired) electrons. The van der Waals surface area contributed by atoms with Crippen LogP contribution in [0.3, 0.4) is 0 Å². The van der Waals surface area contributed by atoms with Gasteiger partial charge in [-0.15, -0.1) is 0 Å². The molecule has 0 aromatic heterocycles. The second-order valence-corrected chi connectivity index (χ2v) is 6.33. The number of halogens is 1. The smallest absolute Gasteiger partial charge is 0.222 e. The summed E-state index contributed by atoms with van der Waals surface area (Å²) < 4.78 is 6.12. The van der Waals surface area contributed by atoms with Crippen molar-refractivity contribution >= 4 is 21.8 Å². The van der Waals surface area contributed by atoms with Gasteiger partial charge in [0.25, 0.3) is 0 Å². The van der Waals surface area contributed by atoms with Crippen LogP contribution in [0, 0.1) is 5.92 Å². The van der Waals surface area contributed by atoms with Crippen LogP contribution in [0.2, 0.25) is 0 Å². The molecule has 5 heteroatoms. The number of rotatable bonds is 6. The van der Waals surface area contributed by atoms with Crippen LogP contribution < -0.4 is 4.74 Å². The minimum atomic E-state index is 0.211. The van der Waals surface area contributed by atoms with Crippen LogP contribution in [-0.4, -0.2) is 42.7 Å². The first-order chi connectivity index (χ1) is 10.1. The number of hydrogen-bond donors (Lipinski definition) is 1. The van der Waals surface area contributed by atoms with E-state index in [1.54, 1.807) is 7.11 Å². The molecule has 1 fully saturated rings. The lowest BCUT2D eigenvalue weighted by atomic mass is 10.1. The van der Waals surface area contributed by atoms with Gasteiger partial charge in [0.05, 0.1) is 11.6 Å². The van der Waals surface area contributed by atoms with E-state index in [1.165, 1.54) is 0 Å². The summed E-state index contributed by atoms with van der Waals surface area (Å²) in [6, 6.07) is 5.91. The Kier molecular flexibility index (Phi) is 6.06. The van der Waals surface area contributed by atoms with E-state index in [4.69, 9.17) is 9.84 Å². The highest BCUT2D eigenvalue weighted by Crippen LogP contribution is 2.26. The van der Waals surface area contributed by atoms with E-state index in [0.29, 0.717) is 12.3 Å². The molecular weight excluding hydrogens is 334 g/mol. The number of methoxy groups -OCH3 is 1. The summed E-state index contributed by atoms with van der Waals surface area (Å²) in [5, 5.41) is 8.95. The lowest BCUT2D eigenvalue weighted by Gasteiger charge is -2.16. The zero-order valence-electron chi connectivity index (χ0n) is 12.3. The van der Waals surface area contributed by atoms with Gasteiger partial charge < -0.3 is 14.7 Å². The normalized spacial score (nSPS) is 18.0. The largest absolute Gasteiger partial charge is 0.496 e. The second kappa shape index (κ2) is 7.80. The van der Waals surface area contributed by atoms with E-state index >= 15 is 0 Å². The molecule has 1 heterocycles. The van der Waals surface area contributed by atoms with Gasteiger partial charge in [-0.25, -0.2) is 0 Å². The van der Waals surface area contributed by atoms with Crippen LogP contribution in [0.4, 0.5) is 0 Å². The van der Waals surface area contributed by atoms with Crippen molar-refractivity contribution in [2.24, 2.45) is 5.92 Å². The predicted molar refractivity (Wildman–Crippen MR) is 85.4 cm³/mol. The number of hydrogen-bond acceptors (Lipinski definition) is 3. The summed E-state index contributed by atoms with van der Waals surface area (Å²) in [5.41, 5.74) is 1.13. The maximum absolute atomic E-state index is 12.2. The van der Waals surface area contributed by atoms with Crippen LogP contribution in [0.1, 0.15) is 24.8 Å². The van der Waals surface area contributed by atoms with Crippen LogP contribution in [0.15, 0.2) is 22.7 Å². The Morgan fingerprint density at radius 3 is 3.00 bits per heavy atom. The first-order valence-electron chi connectivity index (χ1n) is 7.35. The number of aliphatic hydroxyl groups excluding tert-OH is 1. The Morgan fingerprint density at radius 1 is 1.52 bits per heavy atom. The summed E-state index contributed by atoms with van der Waals surface area (Å²) in [4.78, 5) is 14.1. The minimum Gasteiger partial charge on any atom is -0.496 e. The second-order valence-electron chi connectivity index (χ2n) is 5.48. The van der Waals surface area contributed by atoms with Gasteiger partial charge in [0, 0.05) is 26.1 Å². The number of carbonyl (C=O) groups is 1. The fourth-order valence-electron chi connectivity index (χ4n) is 2.75. The first-order valence-corrected chi connectivity index (χ1v) is 8.14. The highest BCUT2D eigenvalue weighted by molar-refractivity contribution is 9.10. The quantitative estimate of drug-likeness (QED) is 0.853. The van der Waals surface area contributed by atoms with E-state index in [1.807, 2.05) is 23.1 Å². The number of ether oxygens (including phenoxy) is 1. The molecule has 21 heavy (non-hydrogen) atoms. The van der Waals surface area contributed by atoms with Crippen molar-refractivity contribution in [2.75, 3.05) is 26.8 Å². The van der Waals surface area contributed by atoms with E-state index in [0.717, 1.165) is 48.1 Å². The Morgan fingerprint density at radius 2 is 2.33 bits per heavy atom. The van der Waals surface area contributed by atoms with Gasteiger partial charge in [-0.2, -0.15) is 0 Å². The molecule has 0 bridgehead atoms. The van der Waals surface area contributed by atoms with Crippen molar-refractivity contribution in [2.45, 2.75) is 25.7 Å². The third kappa shape index (κ3) is 4.45. The van der Waals surface area contributed by atoms with Crippen molar-refractivity contribution in [1.82, 2.24) is 4.90 Å². The molecule has 1 saturated heterocycles. The van der Waals surface area contributed by atoms with E-state index in [9.17, 15) is 4.79 Å². The van der Waals surface area contributed by atoms with Crippen molar-refractivity contribution in [3.05, 3.63) is 28.2 Å². The number of amides is 1. The first kappa shape index (κ1) is 16.3. The molecule has 1 atom stereocenters. The molecule has 1 aromatic rings. The maximum Gasteiger partial charge on any atom is 0.222 e. The van der Waals surface area contributed by atoms with Crippen LogP contribution in [0.25, 0.3) is 0 Å². The molecule has 1 aliphatic rings. The molecule has 1 amide bonds. The van der Waals surface area contributed by atoms with Crippen LogP contribution in [0.5, 0.6) is 5.75 Å². The summed E-state index contributed by atoms with van der Waals surface area (Å²) in [7, 11) is 1.64. The number of aryl methyl sites for hydroxylation is 1. The van der Waals surface area contributed by atoms with Gasteiger partial charge in [0.2, 0.25) is 5.91 Å². The Bertz CT molecular complexity index is 492. The molecule has 4 nitrogen and oxygen atoms in total. The maximum atomic E-state index is 12.2. The fourth-order valence-corrected chi connectivity index (χ4v) is 3.34. The summed E-state index contributed by atoms with van der Waals surface area (Å²) in [6.45, 7) is 1.84. The summed E-state index contributed by atoms with van der Waals surface area (Å²) in [5.74, 6) is 1.48. The number of benzene rings is 1. The topological polar surface area (TPSA) is 49.8 Å². The molecular formula is C16H22BrNO3. The van der Waals surface area contributed by atoms with Gasteiger partial charge in [-0.05, 0) is 58.8 Å². The van der Waals surface area contributed by atoms with Crippen molar-refractivity contribution in [1.29, 1.82) is 0 Å². The molecule has 0 spiro atoms. The fraction of sp³-hybridized carbons (Fsp3) is 0.562. The van der Waals surface area contributed by atoms with Gasteiger partial charge >= 0.3 is 0 Å². The minimum absolute atomic E-state index is 0.211. The zero-order chi connectivity index (χ0) is 15.2. The third-order valence-electron chi connectivity index (χ3n) is 4.02. The molecule has 0 aliphatic carbocycles. The number of nitrogens with zero attached hydrogens (tertiary/aromatic N) is 1. The van der Waals surface area contributed by atoms with Crippen molar-refractivity contribution in [3.8, 4) is 5.75 Å². The molecule has 0 saturated carbocycles. The Balaban J connectivity index is 1.83. The average Bonchev–Trinajstić information content (AvgIpc) is 2.94. The monoisotopic (exact) mass is 355 g/mol. The molecule has 1 N–H and O–H groups in total. The molecule has 2 rings (SSSR count). The van der Waals surface area contributed by atoms with Gasteiger partial charge in [-0.3, -0.25) is 4.79 Å². The number of aliphatic hydroxyl groups is 1. The molecule has 1 aliphatic heterocycles. The number of likely N-dealkylation sites (tertiary alicyclic amines) is 1. The molecule has 1 unspecified atom stereocenters. The van der Waals surface area contributed by atoms with Crippen molar-refractivity contribution < 1.29 is 14.6 Å². The third-order valence-corrected chi connectivity index (χ3v) is 4.64. The summed E-state index contributed by atoms with van der Waals surface area (Å²) in [6.07, 6.45) is 3.09. The Labute approximate surface area is 134 Å². The Hall–Kier alpha value is -1.07. The van der Waals surface area contributed by atoms with E-state index in [-0.39, 0.29) is 12.5 Å².